The minimum atomic E-state index is -0.668. The molecule has 0 aliphatic carbocycles. The average molecular weight is 340 g/mol. The summed E-state index contributed by atoms with van der Waals surface area (Å²) in [5.41, 5.74) is 1.33. The van der Waals surface area contributed by atoms with Crippen LogP contribution in [-0.2, 0) is 6.42 Å². The van der Waals surface area contributed by atoms with Crippen LogP contribution >= 0.6 is 15.9 Å². The van der Waals surface area contributed by atoms with Crippen molar-refractivity contribution in [3.05, 3.63) is 34.2 Å². The van der Waals surface area contributed by atoms with Crippen LogP contribution in [0.1, 0.15) is 37.0 Å². The van der Waals surface area contributed by atoms with E-state index in [2.05, 4.69) is 26.2 Å². The third-order valence-electron chi connectivity index (χ3n) is 3.05. The molecule has 0 bridgehead atoms. The van der Waals surface area contributed by atoms with Gasteiger partial charge in [0.2, 0.25) is 0 Å². The SMILES string of the molecule is CCc1nc2ccc(Br)cn2c1C(=O)NC(C)(C)CO. The van der Waals surface area contributed by atoms with Crippen LogP contribution in [0.3, 0.4) is 0 Å². The second kappa shape index (κ2) is 5.54. The van der Waals surface area contributed by atoms with Crippen molar-refractivity contribution in [2.45, 2.75) is 32.7 Å². The number of aliphatic hydroxyl groups is 1. The molecule has 0 atom stereocenters. The standard InChI is InChI=1S/C14H18BrN3O2/c1-4-10-12(13(20)17-14(2,3)8-19)18-7-9(15)5-6-11(18)16-10/h5-7,19H,4,8H2,1-3H3,(H,17,20). The largest absolute Gasteiger partial charge is 0.394 e. The number of aliphatic hydroxyl groups excluding tert-OH is 1. The number of amides is 1. The molecule has 0 aliphatic heterocycles. The van der Waals surface area contributed by atoms with Crippen LogP contribution in [0.5, 0.6) is 0 Å². The molecule has 5 nitrogen and oxygen atoms in total. The molecule has 1 amide bonds. The van der Waals surface area contributed by atoms with Crippen LogP contribution in [0.15, 0.2) is 22.8 Å². The first-order valence-electron chi connectivity index (χ1n) is 6.48. The Labute approximate surface area is 126 Å². The van der Waals surface area contributed by atoms with Gasteiger partial charge in [0, 0.05) is 10.7 Å². The Balaban J connectivity index is 2.51. The van der Waals surface area contributed by atoms with Gasteiger partial charge in [-0.3, -0.25) is 9.20 Å². The van der Waals surface area contributed by atoms with Crippen LogP contribution in [0.4, 0.5) is 0 Å². The van der Waals surface area contributed by atoms with E-state index in [1.54, 1.807) is 18.2 Å². The van der Waals surface area contributed by atoms with Crippen molar-refractivity contribution in [1.82, 2.24) is 14.7 Å². The van der Waals surface area contributed by atoms with E-state index >= 15 is 0 Å². The number of carbonyl (C=O) groups excluding carboxylic acids is 1. The van der Waals surface area contributed by atoms with Gasteiger partial charge in [-0.2, -0.15) is 0 Å². The Morgan fingerprint density at radius 3 is 2.80 bits per heavy atom. The Hall–Kier alpha value is -1.40. The quantitative estimate of drug-likeness (QED) is 0.896. The fourth-order valence-electron chi connectivity index (χ4n) is 1.96. The lowest BCUT2D eigenvalue weighted by molar-refractivity contribution is 0.0862. The van der Waals surface area contributed by atoms with Gasteiger partial charge in [-0.1, -0.05) is 6.92 Å². The number of nitrogens with one attached hydrogen (secondary N) is 1. The lowest BCUT2D eigenvalue weighted by atomic mass is 10.1. The first kappa shape index (κ1) is 15.0. The Morgan fingerprint density at radius 1 is 1.50 bits per heavy atom. The van der Waals surface area contributed by atoms with E-state index in [1.165, 1.54) is 0 Å². The maximum Gasteiger partial charge on any atom is 0.270 e. The monoisotopic (exact) mass is 339 g/mol. The number of halogens is 1. The van der Waals surface area contributed by atoms with Crippen LogP contribution in [0.2, 0.25) is 0 Å². The third kappa shape index (κ3) is 2.86. The second-order valence-electron chi connectivity index (χ2n) is 5.33. The summed E-state index contributed by atoms with van der Waals surface area (Å²) in [6.45, 7) is 5.39. The Morgan fingerprint density at radius 2 is 2.20 bits per heavy atom. The van der Waals surface area contributed by atoms with Gasteiger partial charge in [-0.05, 0) is 48.3 Å². The first-order valence-corrected chi connectivity index (χ1v) is 7.27. The Bertz CT molecular complexity index is 649. The van der Waals surface area contributed by atoms with Crippen molar-refractivity contribution < 1.29 is 9.90 Å². The first-order chi connectivity index (χ1) is 9.38. The lowest BCUT2D eigenvalue weighted by Crippen LogP contribution is -2.46. The number of aromatic nitrogens is 2. The van der Waals surface area contributed by atoms with E-state index in [4.69, 9.17) is 0 Å². The summed E-state index contributed by atoms with van der Waals surface area (Å²) in [4.78, 5) is 17.0. The molecule has 6 heteroatoms. The molecule has 2 aromatic heterocycles. The maximum atomic E-state index is 12.5. The van der Waals surface area contributed by atoms with Crippen LogP contribution in [-0.4, -0.2) is 32.5 Å². The van der Waals surface area contributed by atoms with E-state index < -0.39 is 5.54 Å². The number of nitrogens with zero attached hydrogens (tertiary/aromatic N) is 2. The van der Waals surface area contributed by atoms with Crippen molar-refractivity contribution in [2.24, 2.45) is 0 Å². The second-order valence-corrected chi connectivity index (χ2v) is 6.25. The van der Waals surface area contributed by atoms with Crippen LogP contribution < -0.4 is 5.32 Å². The molecule has 108 valence electrons. The fraction of sp³-hybridized carbons (Fsp3) is 0.429. The highest BCUT2D eigenvalue weighted by Gasteiger charge is 2.24. The number of fused-ring (bicyclic) bond motifs is 1. The predicted molar refractivity (Wildman–Crippen MR) is 80.9 cm³/mol. The van der Waals surface area contributed by atoms with Gasteiger partial charge in [0.1, 0.15) is 11.3 Å². The molecule has 0 fully saturated rings. The number of hydrogen-bond acceptors (Lipinski definition) is 3. The molecule has 0 aliphatic rings. The topological polar surface area (TPSA) is 66.6 Å². The lowest BCUT2D eigenvalue weighted by Gasteiger charge is -2.23. The molecule has 2 rings (SSSR count). The minimum Gasteiger partial charge on any atom is -0.394 e. The van der Waals surface area contributed by atoms with Gasteiger partial charge in [-0.15, -0.1) is 0 Å². The number of imidazole rings is 1. The van der Waals surface area contributed by atoms with Gasteiger partial charge in [0.15, 0.2) is 0 Å². The molecular weight excluding hydrogens is 322 g/mol. The van der Waals surface area contributed by atoms with Gasteiger partial charge in [-0.25, -0.2) is 4.98 Å². The molecule has 0 aromatic carbocycles. The van der Waals surface area contributed by atoms with Gasteiger partial charge >= 0.3 is 0 Å². The van der Waals surface area contributed by atoms with Crippen molar-refractivity contribution in [2.75, 3.05) is 6.61 Å². The highest BCUT2D eigenvalue weighted by Crippen LogP contribution is 2.18. The average Bonchev–Trinajstić information content (AvgIpc) is 2.75. The van der Waals surface area contributed by atoms with Crippen molar-refractivity contribution in [1.29, 1.82) is 0 Å². The van der Waals surface area contributed by atoms with Gasteiger partial charge in [0.05, 0.1) is 17.8 Å². The molecule has 0 spiro atoms. The van der Waals surface area contributed by atoms with E-state index in [9.17, 15) is 9.90 Å². The number of rotatable bonds is 4. The minimum absolute atomic E-state index is 0.124. The molecule has 0 unspecified atom stereocenters. The summed E-state index contributed by atoms with van der Waals surface area (Å²) in [5.74, 6) is -0.230. The summed E-state index contributed by atoms with van der Waals surface area (Å²) in [5, 5.41) is 12.1. The van der Waals surface area contributed by atoms with E-state index in [0.29, 0.717) is 12.1 Å². The summed E-state index contributed by atoms with van der Waals surface area (Å²) >= 11 is 3.40. The summed E-state index contributed by atoms with van der Waals surface area (Å²) < 4.78 is 2.65. The number of aryl methyl sites for hydroxylation is 1. The smallest absolute Gasteiger partial charge is 0.270 e. The molecule has 2 aromatic rings. The number of pyridine rings is 1. The predicted octanol–water partition coefficient (Wildman–Crippen LogP) is 2.16. The molecule has 0 saturated carbocycles. The van der Waals surface area contributed by atoms with Crippen molar-refractivity contribution >= 4 is 27.5 Å². The normalized spacial score (nSPS) is 11.8. The number of carbonyl (C=O) groups is 1. The van der Waals surface area contributed by atoms with Crippen LogP contribution in [0, 0.1) is 0 Å². The molecule has 20 heavy (non-hydrogen) atoms. The zero-order valence-electron chi connectivity index (χ0n) is 11.8. The van der Waals surface area contributed by atoms with Gasteiger partial charge in [0.25, 0.3) is 5.91 Å². The molecule has 2 heterocycles. The van der Waals surface area contributed by atoms with E-state index in [0.717, 1.165) is 15.8 Å². The zero-order valence-corrected chi connectivity index (χ0v) is 13.4. The zero-order chi connectivity index (χ0) is 14.9. The van der Waals surface area contributed by atoms with Gasteiger partial charge < -0.3 is 10.4 Å². The highest BCUT2D eigenvalue weighted by atomic mass is 79.9. The summed E-state index contributed by atoms with van der Waals surface area (Å²) in [7, 11) is 0. The van der Waals surface area contributed by atoms with Crippen molar-refractivity contribution in [3.63, 3.8) is 0 Å². The molecular formula is C14H18BrN3O2. The summed E-state index contributed by atoms with van der Waals surface area (Å²) in [6, 6.07) is 3.75. The molecule has 0 radical (unpaired) electrons. The summed E-state index contributed by atoms with van der Waals surface area (Å²) in [6.07, 6.45) is 2.49. The number of hydrogen-bond donors (Lipinski definition) is 2. The Kier molecular flexibility index (Phi) is 4.15. The fourth-order valence-corrected chi connectivity index (χ4v) is 2.30. The van der Waals surface area contributed by atoms with Crippen molar-refractivity contribution in [3.8, 4) is 0 Å². The highest BCUT2D eigenvalue weighted by molar-refractivity contribution is 9.10. The molecule has 0 saturated heterocycles. The maximum absolute atomic E-state index is 12.5. The third-order valence-corrected chi connectivity index (χ3v) is 3.52. The van der Waals surface area contributed by atoms with E-state index in [1.807, 2.05) is 25.3 Å². The van der Waals surface area contributed by atoms with E-state index in [-0.39, 0.29) is 12.5 Å². The van der Waals surface area contributed by atoms with Crippen LogP contribution in [0.25, 0.3) is 5.65 Å². The molecule has 2 N–H and O–H groups in total.